The second-order valence-electron chi connectivity index (χ2n) is 7.08. The number of hydrogen-bond acceptors (Lipinski definition) is 5. The number of piperidine rings is 1. The van der Waals surface area contributed by atoms with E-state index < -0.39 is 12.9 Å². The maximum absolute atomic E-state index is 14.1. The summed E-state index contributed by atoms with van der Waals surface area (Å²) in [6.45, 7) is 7.63. The van der Waals surface area contributed by atoms with E-state index in [-0.39, 0.29) is 0 Å². The molecule has 1 unspecified atom stereocenters. The third kappa shape index (κ3) is 4.88. The maximum atomic E-state index is 14.1. The SMILES string of the molecule is CCCCCC1(P(=O)(OCC)OCC)CCCCN1c1ccc(OC)cc1. The van der Waals surface area contributed by atoms with E-state index in [1.165, 1.54) is 0 Å². The van der Waals surface area contributed by atoms with Crippen LogP contribution in [-0.4, -0.2) is 32.1 Å². The Labute approximate surface area is 164 Å². The van der Waals surface area contributed by atoms with Crippen LogP contribution < -0.4 is 9.64 Å². The van der Waals surface area contributed by atoms with Crippen molar-refractivity contribution in [3.05, 3.63) is 24.3 Å². The predicted octanol–water partition coefficient (Wildman–Crippen LogP) is 6.23. The van der Waals surface area contributed by atoms with Crippen LogP contribution in [0.2, 0.25) is 0 Å². The van der Waals surface area contributed by atoms with E-state index in [9.17, 15) is 4.57 Å². The second kappa shape index (κ2) is 10.5. The summed E-state index contributed by atoms with van der Waals surface area (Å²) in [7, 11) is -1.64. The fourth-order valence-electron chi connectivity index (χ4n) is 4.11. The topological polar surface area (TPSA) is 48.0 Å². The molecule has 1 aliphatic rings. The zero-order valence-electron chi connectivity index (χ0n) is 17.4. The van der Waals surface area contributed by atoms with Gasteiger partial charge in [0.2, 0.25) is 0 Å². The standard InChI is InChI=1S/C21H36NO4P/c1-5-8-9-16-21(27(23,25-6-2)26-7-3)17-10-11-18-22(21)19-12-14-20(24-4)15-13-19/h12-15H,5-11,16-18H2,1-4H3. The van der Waals surface area contributed by atoms with E-state index >= 15 is 0 Å². The molecule has 1 aromatic rings. The highest BCUT2D eigenvalue weighted by Crippen LogP contribution is 2.66. The van der Waals surface area contributed by atoms with E-state index in [1.54, 1.807) is 7.11 Å². The van der Waals surface area contributed by atoms with Gasteiger partial charge in [-0.05, 0) is 63.8 Å². The number of benzene rings is 1. The monoisotopic (exact) mass is 397 g/mol. The molecule has 2 rings (SSSR count). The molecule has 1 fully saturated rings. The number of anilines is 1. The van der Waals surface area contributed by atoms with Crippen molar-refractivity contribution in [1.29, 1.82) is 0 Å². The quantitative estimate of drug-likeness (QED) is 0.327. The highest BCUT2D eigenvalue weighted by molar-refractivity contribution is 7.55. The zero-order chi connectivity index (χ0) is 19.8. The van der Waals surface area contributed by atoms with Gasteiger partial charge in [0, 0.05) is 12.2 Å². The first kappa shape index (κ1) is 22.3. The molecule has 0 radical (unpaired) electrons. The summed E-state index contributed by atoms with van der Waals surface area (Å²) >= 11 is 0. The van der Waals surface area contributed by atoms with Gasteiger partial charge in [-0.25, -0.2) is 0 Å². The summed E-state index contributed by atoms with van der Waals surface area (Å²) in [5, 5.41) is -0.596. The zero-order valence-corrected chi connectivity index (χ0v) is 18.3. The maximum Gasteiger partial charge on any atom is 0.355 e. The van der Waals surface area contributed by atoms with E-state index in [2.05, 4.69) is 24.0 Å². The van der Waals surface area contributed by atoms with Crippen molar-refractivity contribution >= 4 is 13.3 Å². The Morgan fingerprint density at radius 3 is 2.26 bits per heavy atom. The normalized spacial score (nSPS) is 20.7. The number of hydrogen-bond donors (Lipinski definition) is 0. The van der Waals surface area contributed by atoms with Crippen LogP contribution in [0.3, 0.4) is 0 Å². The van der Waals surface area contributed by atoms with Crippen LogP contribution in [0.15, 0.2) is 24.3 Å². The van der Waals surface area contributed by atoms with Gasteiger partial charge in [-0.2, -0.15) is 0 Å². The summed E-state index contributed by atoms with van der Waals surface area (Å²) in [6.07, 6.45) is 7.06. The van der Waals surface area contributed by atoms with E-state index in [0.29, 0.717) is 13.2 Å². The Kier molecular flexibility index (Phi) is 8.65. The molecule has 5 nitrogen and oxygen atoms in total. The molecule has 0 saturated carbocycles. The van der Waals surface area contributed by atoms with Gasteiger partial charge >= 0.3 is 7.60 Å². The van der Waals surface area contributed by atoms with E-state index in [0.717, 1.165) is 62.9 Å². The van der Waals surface area contributed by atoms with Crippen LogP contribution in [0.4, 0.5) is 5.69 Å². The third-order valence-corrected chi connectivity index (χ3v) is 8.29. The fraction of sp³-hybridized carbons (Fsp3) is 0.714. The number of ether oxygens (including phenoxy) is 1. The van der Waals surface area contributed by atoms with Crippen molar-refractivity contribution in [3.63, 3.8) is 0 Å². The van der Waals surface area contributed by atoms with Crippen molar-refractivity contribution in [3.8, 4) is 5.75 Å². The van der Waals surface area contributed by atoms with Crippen LogP contribution in [0.5, 0.6) is 5.75 Å². The lowest BCUT2D eigenvalue weighted by molar-refractivity contribution is 0.179. The molecular weight excluding hydrogens is 361 g/mol. The van der Waals surface area contributed by atoms with Crippen LogP contribution in [0.1, 0.15) is 65.7 Å². The van der Waals surface area contributed by atoms with Gasteiger partial charge in [-0.1, -0.05) is 26.2 Å². The predicted molar refractivity (Wildman–Crippen MR) is 112 cm³/mol. The molecule has 0 aliphatic carbocycles. The minimum atomic E-state index is -3.31. The molecule has 0 aromatic heterocycles. The molecule has 27 heavy (non-hydrogen) atoms. The molecule has 6 heteroatoms. The van der Waals surface area contributed by atoms with Crippen molar-refractivity contribution in [2.75, 3.05) is 31.8 Å². The summed E-state index contributed by atoms with van der Waals surface area (Å²) in [6, 6.07) is 8.04. The largest absolute Gasteiger partial charge is 0.497 e. The van der Waals surface area contributed by atoms with E-state index in [1.807, 2.05) is 26.0 Å². The molecule has 1 saturated heterocycles. The fourth-order valence-corrected chi connectivity index (χ4v) is 6.72. The molecule has 0 spiro atoms. The lowest BCUT2D eigenvalue weighted by Crippen LogP contribution is -2.52. The molecule has 1 atom stereocenters. The molecule has 1 aromatic carbocycles. The van der Waals surface area contributed by atoms with Gasteiger partial charge in [-0.15, -0.1) is 0 Å². The summed E-state index contributed by atoms with van der Waals surface area (Å²) in [5.41, 5.74) is 1.06. The smallest absolute Gasteiger partial charge is 0.355 e. The van der Waals surface area contributed by atoms with Gasteiger partial charge < -0.3 is 18.7 Å². The summed E-state index contributed by atoms with van der Waals surface area (Å²) < 4.78 is 31.2. The Bertz CT molecular complexity index is 597. The minimum Gasteiger partial charge on any atom is -0.497 e. The van der Waals surface area contributed by atoms with Crippen molar-refractivity contribution in [2.45, 2.75) is 71.0 Å². The van der Waals surface area contributed by atoms with Gasteiger partial charge in [0.05, 0.1) is 20.3 Å². The summed E-state index contributed by atoms with van der Waals surface area (Å²) in [4.78, 5) is 2.30. The third-order valence-electron chi connectivity index (χ3n) is 5.38. The first-order valence-corrected chi connectivity index (χ1v) is 11.9. The van der Waals surface area contributed by atoms with Crippen LogP contribution in [0, 0.1) is 0 Å². The molecular formula is C21H36NO4P. The molecule has 0 bridgehead atoms. The average molecular weight is 397 g/mol. The van der Waals surface area contributed by atoms with Crippen molar-refractivity contribution in [2.24, 2.45) is 0 Å². The number of rotatable bonds is 11. The molecule has 1 heterocycles. The van der Waals surface area contributed by atoms with Gasteiger partial charge in [0.1, 0.15) is 11.0 Å². The number of nitrogens with zero attached hydrogens (tertiary/aromatic N) is 1. The van der Waals surface area contributed by atoms with E-state index in [4.69, 9.17) is 13.8 Å². The van der Waals surface area contributed by atoms with Crippen LogP contribution in [-0.2, 0) is 13.6 Å². The molecule has 154 valence electrons. The Balaban J connectivity index is 2.49. The first-order valence-electron chi connectivity index (χ1n) is 10.4. The Morgan fingerprint density at radius 2 is 1.70 bits per heavy atom. The van der Waals surface area contributed by atoms with Crippen LogP contribution >= 0.6 is 7.60 Å². The molecule has 0 amide bonds. The lowest BCUT2D eigenvalue weighted by Gasteiger charge is -2.51. The van der Waals surface area contributed by atoms with Gasteiger partial charge in [0.25, 0.3) is 0 Å². The van der Waals surface area contributed by atoms with Crippen LogP contribution in [0.25, 0.3) is 0 Å². The summed E-state index contributed by atoms with van der Waals surface area (Å²) in [5.74, 6) is 0.824. The molecule has 0 N–H and O–H groups in total. The number of methoxy groups -OCH3 is 1. The highest BCUT2D eigenvalue weighted by Gasteiger charge is 2.55. The van der Waals surface area contributed by atoms with Gasteiger partial charge in [-0.3, -0.25) is 4.57 Å². The minimum absolute atomic E-state index is 0.392. The lowest BCUT2D eigenvalue weighted by atomic mass is 9.95. The highest BCUT2D eigenvalue weighted by atomic mass is 31.2. The molecule has 1 aliphatic heterocycles. The average Bonchev–Trinajstić information content (AvgIpc) is 2.69. The first-order chi connectivity index (χ1) is 13.1. The van der Waals surface area contributed by atoms with Gasteiger partial charge in [0.15, 0.2) is 0 Å². The van der Waals surface area contributed by atoms with Crippen molar-refractivity contribution in [1.82, 2.24) is 0 Å². The second-order valence-corrected chi connectivity index (χ2v) is 9.42. The van der Waals surface area contributed by atoms with Crippen molar-refractivity contribution < 1.29 is 18.3 Å². The Hall–Kier alpha value is -1.03. The number of unbranched alkanes of at least 4 members (excludes halogenated alkanes) is 2. The Morgan fingerprint density at radius 1 is 1.04 bits per heavy atom.